The van der Waals surface area contributed by atoms with Gasteiger partial charge in [0, 0.05) is 66.3 Å². The van der Waals surface area contributed by atoms with Crippen LogP contribution in [0, 0.1) is 11.8 Å². The van der Waals surface area contributed by atoms with Crippen molar-refractivity contribution < 1.29 is 24.0 Å². The van der Waals surface area contributed by atoms with Crippen molar-refractivity contribution in [3.63, 3.8) is 0 Å². The second-order valence-electron chi connectivity index (χ2n) is 15.1. The highest BCUT2D eigenvalue weighted by atomic mass is 32.2. The summed E-state index contributed by atoms with van der Waals surface area (Å²) in [6, 6.07) is 13.0. The number of hydrogen-bond acceptors (Lipinski definition) is 11. The molecule has 1 unspecified atom stereocenters. The van der Waals surface area contributed by atoms with E-state index >= 15 is 0 Å². The van der Waals surface area contributed by atoms with Gasteiger partial charge in [-0.1, -0.05) is 37.1 Å². The minimum absolute atomic E-state index is 0.176. The van der Waals surface area contributed by atoms with Crippen LogP contribution < -0.4 is 15.5 Å². The Morgan fingerprint density at radius 1 is 0.982 bits per heavy atom. The molecule has 5 rings (SSSR count). The van der Waals surface area contributed by atoms with Crippen LogP contribution in [0.3, 0.4) is 0 Å². The number of carbonyl (C=O) groups excluding carboxylic acids is 5. The van der Waals surface area contributed by atoms with Crippen LogP contribution in [0.4, 0.5) is 11.4 Å². The summed E-state index contributed by atoms with van der Waals surface area (Å²) in [7, 11) is 1.55. The largest absolute Gasteiger partial charge is 0.371 e. The quantitative estimate of drug-likeness (QED) is 0.0671. The summed E-state index contributed by atoms with van der Waals surface area (Å²) in [6.07, 6.45) is 18.1. The van der Waals surface area contributed by atoms with E-state index in [1.807, 2.05) is 23.9 Å². The fourth-order valence-corrected chi connectivity index (χ4v) is 9.13. The molecule has 2 amide bonds. The lowest BCUT2D eigenvalue weighted by Crippen LogP contribution is -2.43. The maximum absolute atomic E-state index is 13.7. The highest BCUT2D eigenvalue weighted by Crippen LogP contribution is 2.34. The van der Waals surface area contributed by atoms with Crippen LogP contribution in [0.25, 0.3) is 0 Å². The first-order valence-corrected chi connectivity index (χ1v) is 21.1. The number of carbonyl (C=O) groups is 5. The first kappa shape index (κ1) is 43.2. The average Bonchev–Trinajstić information content (AvgIpc) is 3.77. The number of piperidine rings is 2. The van der Waals surface area contributed by atoms with E-state index in [4.69, 9.17) is 0 Å². The summed E-state index contributed by atoms with van der Waals surface area (Å²) in [4.78, 5) is 75.6. The van der Waals surface area contributed by atoms with Crippen molar-refractivity contribution in [1.82, 2.24) is 15.1 Å². The van der Waals surface area contributed by atoms with Gasteiger partial charge in [0.25, 0.3) is 5.91 Å². The molecule has 304 valence electrons. The molecule has 3 fully saturated rings. The van der Waals surface area contributed by atoms with E-state index in [0.717, 1.165) is 81.6 Å². The molecule has 2 saturated heterocycles. The Labute approximate surface area is 341 Å². The van der Waals surface area contributed by atoms with Gasteiger partial charge < -0.3 is 34.9 Å². The number of rotatable bonds is 20. The van der Waals surface area contributed by atoms with Gasteiger partial charge in [0.15, 0.2) is 6.29 Å². The van der Waals surface area contributed by atoms with Gasteiger partial charge in [0.1, 0.15) is 25.1 Å². The Kier molecular flexibility index (Phi) is 17.3. The lowest BCUT2D eigenvalue weighted by Gasteiger charge is -2.39. The van der Waals surface area contributed by atoms with E-state index in [9.17, 15) is 24.0 Å². The molecule has 57 heavy (non-hydrogen) atoms. The molecular formula is C44H57N7O5S. The SMILES string of the molecule is C=N/C=C(/C=C\C1CCCC1)C(=N/CNc1ccc(SC2CCN(CC3CCN(c4cccc(C=O)c4C(=O)N(C)C(C=O)CCC=O)CC3)CC2)cc1)\NC=O. The molecule has 0 radical (unpaired) electrons. The minimum Gasteiger partial charge on any atom is -0.371 e. The standard InChI is InChI=1S/C44H57N7O5S/c1-45-27-35(13-12-33-7-3-4-8-33)43(48-32-55)47-31-46-37-14-16-39(17-15-37)57-40-20-22-50(23-21-40)28-34-18-24-51(25-19-34)41-11-5-9-36(29-53)42(41)44(56)49(2)38(30-54)10-6-26-52/h5,9,11-17,26-27,29-30,32-34,38,40,46H,1,3-4,6-8,10,18-25,28,31H2,2H3,(H,47,48,55)/b13-12-,35-27-. The maximum atomic E-state index is 13.7. The lowest BCUT2D eigenvalue weighted by atomic mass is 9.93. The third kappa shape index (κ3) is 12.6. The summed E-state index contributed by atoms with van der Waals surface area (Å²) in [5.41, 5.74) is 3.01. The molecule has 2 aromatic rings. The Hall–Kier alpha value is -4.88. The van der Waals surface area contributed by atoms with Gasteiger partial charge in [-0.2, -0.15) is 0 Å². The summed E-state index contributed by atoms with van der Waals surface area (Å²) in [5.74, 6) is 1.16. The van der Waals surface area contributed by atoms with E-state index in [2.05, 4.69) is 67.5 Å². The lowest BCUT2D eigenvalue weighted by molar-refractivity contribution is -0.112. The van der Waals surface area contributed by atoms with Crippen molar-refractivity contribution in [3.8, 4) is 0 Å². The monoisotopic (exact) mass is 795 g/mol. The topological polar surface area (TPSA) is 144 Å². The molecule has 2 aromatic carbocycles. The van der Waals surface area contributed by atoms with Crippen molar-refractivity contribution in [2.75, 3.05) is 56.7 Å². The van der Waals surface area contributed by atoms with Gasteiger partial charge in [-0.25, -0.2) is 4.99 Å². The molecule has 2 N–H and O–H groups in total. The molecule has 1 aliphatic carbocycles. The fourth-order valence-electron chi connectivity index (χ4n) is 8.00. The minimum atomic E-state index is -0.739. The Morgan fingerprint density at radius 3 is 2.37 bits per heavy atom. The molecule has 0 aromatic heterocycles. The smallest absolute Gasteiger partial charge is 0.257 e. The predicted molar refractivity (Wildman–Crippen MR) is 230 cm³/mol. The third-order valence-corrected chi connectivity index (χ3v) is 12.7. The van der Waals surface area contributed by atoms with Gasteiger partial charge >= 0.3 is 0 Å². The molecule has 13 heteroatoms. The first-order chi connectivity index (χ1) is 27.9. The van der Waals surface area contributed by atoms with Gasteiger partial charge in [-0.3, -0.25) is 19.4 Å². The zero-order valence-corrected chi connectivity index (χ0v) is 33.9. The number of nitrogens with zero attached hydrogens (tertiary/aromatic N) is 5. The zero-order chi connectivity index (χ0) is 40.4. The maximum Gasteiger partial charge on any atom is 0.257 e. The molecule has 3 aliphatic rings. The summed E-state index contributed by atoms with van der Waals surface area (Å²) < 4.78 is 0. The Morgan fingerprint density at radius 2 is 1.72 bits per heavy atom. The number of thioether (sulfide) groups is 1. The number of benzene rings is 2. The average molecular weight is 796 g/mol. The molecule has 12 nitrogen and oxygen atoms in total. The molecule has 1 saturated carbocycles. The normalized spacial score (nSPS) is 18.3. The van der Waals surface area contributed by atoms with Crippen LogP contribution in [0.2, 0.25) is 0 Å². The van der Waals surface area contributed by atoms with E-state index in [-0.39, 0.29) is 18.7 Å². The van der Waals surface area contributed by atoms with Gasteiger partial charge in [0.2, 0.25) is 6.41 Å². The number of anilines is 2. The number of hydrogen-bond donors (Lipinski definition) is 2. The van der Waals surface area contributed by atoms with Gasteiger partial charge in [-0.15, -0.1) is 11.8 Å². The summed E-state index contributed by atoms with van der Waals surface area (Å²) in [5, 5.41) is 6.60. The Balaban J connectivity index is 1.06. The molecule has 2 aliphatic heterocycles. The predicted octanol–water partition coefficient (Wildman–Crippen LogP) is 6.44. The van der Waals surface area contributed by atoms with Crippen molar-refractivity contribution in [2.45, 2.75) is 80.4 Å². The molecule has 0 spiro atoms. The van der Waals surface area contributed by atoms with Crippen LogP contribution in [0.5, 0.6) is 0 Å². The first-order valence-electron chi connectivity index (χ1n) is 20.2. The number of amidine groups is 1. The summed E-state index contributed by atoms with van der Waals surface area (Å²) >= 11 is 1.94. The van der Waals surface area contributed by atoms with Crippen LogP contribution in [-0.4, -0.2) is 111 Å². The molecule has 2 heterocycles. The van der Waals surface area contributed by atoms with Crippen LogP contribution in [0.15, 0.2) is 81.3 Å². The van der Waals surface area contributed by atoms with Crippen molar-refractivity contribution in [2.24, 2.45) is 21.8 Å². The van der Waals surface area contributed by atoms with E-state index in [1.165, 1.54) is 35.5 Å². The third-order valence-electron chi connectivity index (χ3n) is 11.3. The second-order valence-corrected chi connectivity index (χ2v) is 16.4. The van der Waals surface area contributed by atoms with Crippen molar-refractivity contribution in [1.29, 1.82) is 0 Å². The number of likely N-dealkylation sites (tertiary alicyclic amines) is 1. The number of aliphatic imine (C=N–C) groups is 2. The number of amides is 2. The number of nitrogens with one attached hydrogen (secondary N) is 2. The van der Waals surface area contributed by atoms with Crippen LogP contribution in [0.1, 0.15) is 84.9 Å². The van der Waals surface area contributed by atoms with Crippen molar-refractivity contribution in [3.05, 3.63) is 77.5 Å². The van der Waals surface area contributed by atoms with Crippen LogP contribution >= 0.6 is 11.8 Å². The molecule has 0 bridgehead atoms. The second kappa shape index (κ2) is 22.8. The number of likely N-dealkylation sites (N-methyl/N-ethyl adjacent to an activating group) is 1. The highest BCUT2D eigenvalue weighted by molar-refractivity contribution is 8.00. The molecule has 1 atom stereocenters. The van der Waals surface area contributed by atoms with E-state index < -0.39 is 6.04 Å². The highest BCUT2D eigenvalue weighted by Gasteiger charge is 2.30. The number of aldehydes is 3. The van der Waals surface area contributed by atoms with Gasteiger partial charge in [-0.05, 0) is 107 Å². The molecular weight excluding hydrogens is 739 g/mol. The zero-order valence-electron chi connectivity index (χ0n) is 33.1. The summed E-state index contributed by atoms with van der Waals surface area (Å²) in [6.45, 7) is 8.62. The number of allylic oxidation sites excluding steroid dienone is 1. The van der Waals surface area contributed by atoms with Crippen molar-refractivity contribution >= 4 is 66.9 Å². The van der Waals surface area contributed by atoms with Crippen LogP contribution in [-0.2, 0) is 14.4 Å². The van der Waals surface area contributed by atoms with E-state index in [1.54, 1.807) is 25.4 Å². The Bertz CT molecular complexity index is 1760. The van der Waals surface area contributed by atoms with E-state index in [0.29, 0.717) is 59.7 Å². The fraction of sp³-hybridized carbons (Fsp3) is 0.477. The van der Waals surface area contributed by atoms with Gasteiger partial charge in [0.05, 0.1) is 17.3 Å².